The number of nitrogens with one attached hydrogen (secondary N) is 3. The zero-order chi connectivity index (χ0) is 57.8. The molecule has 6 rings (SSSR count). The van der Waals surface area contributed by atoms with E-state index in [0.717, 1.165) is 49.0 Å². The van der Waals surface area contributed by atoms with Gasteiger partial charge in [-0.3, -0.25) is 0 Å². The maximum atomic E-state index is 12.0. The Balaban J connectivity index is 0.000000257. The van der Waals surface area contributed by atoms with Crippen molar-refractivity contribution < 1.29 is 67.4 Å². The van der Waals surface area contributed by atoms with Gasteiger partial charge in [0.1, 0.15) is 45.1 Å². The average molecular weight is 1180 g/mol. The van der Waals surface area contributed by atoms with Crippen molar-refractivity contribution >= 4 is 72.5 Å². The van der Waals surface area contributed by atoms with E-state index in [9.17, 15) is 53.2 Å². The fourth-order valence-electron chi connectivity index (χ4n) is 7.09. The quantitative estimate of drug-likeness (QED) is 0.0258. The summed E-state index contributed by atoms with van der Waals surface area (Å²) in [6.45, 7) is 7.06. The topological polar surface area (TPSA) is 261 Å². The molecule has 17 nitrogen and oxygen atoms in total. The molecular formula is C59H66BrN3O14P2. The highest BCUT2D eigenvalue weighted by Crippen LogP contribution is 2.38. The van der Waals surface area contributed by atoms with Crippen molar-refractivity contribution in [1.82, 2.24) is 16.0 Å². The van der Waals surface area contributed by atoms with Gasteiger partial charge >= 0.3 is 36.2 Å². The van der Waals surface area contributed by atoms with E-state index in [2.05, 4.69) is 31.9 Å². The summed E-state index contributed by atoms with van der Waals surface area (Å²) >= 11 is 3.33. The van der Waals surface area contributed by atoms with Gasteiger partial charge in [-0.1, -0.05) is 174 Å². The third-order valence-corrected chi connectivity index (χ3v) is 13.8. The molecule has 0 fully saturated rings. The van der Waals surface area contributed by atoms with Gasteiger partial charge in [0.2, 0.25) is 0 Å². The average Bonchev–Trinajstić information content (AvgIpc) is 3.40. The number of carbonyl (C=O) groups is 6. The fourth-order valence-corrected chi connectivity index (χ4v) is 8.87. The number of rotatable bonds is 23. The molecule has 0 heterocycles. The summed E-state index contributed by atoms with van der Waals surface area (Å²) in [5.74, 6) is -1.74. The van der Waals surface area contributed by atoms with E-state index in [1.807, 2.05) is 140 Å². The first-order chi connectivity index (χ1) is 37.5. The number of alkyl carbamates (subject to hydrolysis) is 3. The molecule has 0 aliphatic rings. The molecule has 79 heavy (non-hydrogen) atoms. The largest absolute Gasteiger partial charge is 0.480 e. The molecule has 0 saturated carbocycles. The molecule has 0 spiro atoms. The normalized spacial score (nSPS) is 12.1. The molecule has 418 valence electrons. The summed E-state index contributed by atoms with van der Waals surface area (Å²) in [5, 5.41) is 35.3. The molecule has 3 amide bonds. The van der Waals surface area contributed by atoms with E-state index >= 15 is 0 Å². The third kappa shape index (κ3) is 27.4. The number of amides is 3. The standard InChI is InChI=1S/C21H26NO5P.C21H24NO5P.C17H16BrNO4/c2*1-28(2,26)12-11-16-9-6-10-18(13-16)14-19(20(23)24)22-21(25)27-15-17-7-4-3-5-8-17;18-14-8-4-7-13(9-14)10-15(16(20)21)19-17(22)23-11-12-5-2-1-3-6-12/h3-10,13,19H,11-12,14-15H2,1-2H3,(H,22,25)(H,23,24);3-13,19H,14-15H2,1-2H3,(H,22,25)(H,23,24);1-9,15H,10-11H2,(H,19,22)(H,20,21)/b;12-11-;. The minimum atomic E-state index is -2.29. The molecule has 0 aromatic heterocycles. The van der Waals surface area contributed by atoms with Crippen LogP contribution in [0, 0.1) is 0 Å². The fraction of sp³-hybridized carbons (Fsp3) is 0.254. The van der Waals surface area contributed by atoms with Gasteiger partial charge in [-0.2, -0.15) is 0 Å². The lowest BCUT2D eigenvalue weighted by atomic mass is 10.0. The van der Waals surface area contributed by atoms with Crippen molar-refractivity contribution in [1.29, 1.82) is 0 Å². The van der Waals surface area contributed by atoms with Gasteiger partial charge in [-0.15, -0.1) is 0 Å². The zero-order valence-corrected chi connectivity index (χ0v) is 47.6. The maximum Gasteiger partial charge on any atom is 0.408 e. The highest BCUT2D eigenvalue weighted by atomic mass is 79.9. The minimum absolute atomic E-state index is 0.0629. The number of ether oxygens (including phenoxy) is 3. The Labute approximate surface area is 468 Å². The van der Waals surface area contributed by atoms with E-state index < -0.39 is 68.6 Å². The molecule has 3 unspecified atom stereocenters. The summed E-state index contributed by atoms with van der Waals surface area (Å²) < 4.78 is 39.8. The second-order valence-corrected chi connectivity index (χ2v) is 26.6. The number of carbonyl (C=O) groups excluding carboxylic acids is 3. The predicted molar refractivity (Wildman–Crippen MR) is 308 cm³/mol. The molecule has 20 heteroatoms. The highest BCUT2D eigenvalue weighted by molar-refractivity contribution is 9.10. The number of benzene rings is 6. The van der Waals surface area contributed by atoms with Crippen LogP contribution < -0.4 is 16.0 Å². The van der Waals surface area contributed by atoms with Gasteiger partial charge in [0, 0.05) is 29.9 Å². The van der Waals surface area contributed by atoms with E-state index in [1.54, 1.807) is 62.8 Å². The summed E-state index contributed by atoms with van der Waals surface area (Å²) in [7, 11) is -4.40. The summed E-state index contributed by atoms with van der Waals surface area (Å²) in [6.07, 6.45) is 1.13. The molecule has 6 aromatic carbocycles. The Kier molecular flexibility index (Phi) is 26.5. The van der Waals surface area contributed by atoms with Crippen LogP contribution in [0.3, 0.4) is 0 Å². The molecule has 3 atom stereocenters. The molecule has 6 aromatic rings. The van der Waals surface area contributed by atoms with Crippen molar-refractivity contribution in [3.63, 3.8) is 0 Å². The number of carboxylic acids is 3. The molecule has 0 saturated heterocycles. The van der Waals surface area contributed by atoms with E-state index in [1.165, 1.54) is 0 Å². The second kappa shape index (κ2) is 32.8. The van der Waals surface area contributed by atoms with E-state index in [0.29, 0.717) is 12.6 Å². The Morgan fingerprint density at radius 2 is 0.810 bits per heavy atom. The van der Waals surface area contributed by atoms with Crippen LogP contribution in [0.2, 0.25) is 0 Å². The van der Waals surface area contributed by atoms with Gasteiger partial charge in [0.25, 0.3) is 0 Å². The lowest BCUT2D eigenvalue weighted by Gasteiger charge is -2.15. The van der Waals surface area contributed by atoms with Crippen molar-refractivity contribution in [3.05, 3.63) is 219 Å². The van der Waals surface area contributed by atoms with Crippen LogP contribution in [0.5, 0.6) is 0 Å². The van der Waals surface area contributed by atoms with E-state index in [4.69, 9.17) is 14.2 Å². The highest BCUT2D eigenvalue weighted by Gasteiger charge is 2.24. The van der Waals surface area contributed by atoms with Crippen molar-refractivity contribution in [2.24, 2.45) is 0 Å². The zero-order valence-electron chi connectivity index (χ0n) is 44.2. The van der Waals surface area contributed by atoms with Gasteiger partial charge < -0.3 is 54.6 Å². The number of halogens is 1. The van der Waals surface area contributed by atoms with Crippen LogP contribution in [0.4, 0.5) is 14.4 Å². The lowest BCUT2D eigenvalue weighted by molar-refractivity contribution is -0.140. The van der Waals surface area contributed by atoms with Crippen LogP contribution >= 0.6 is 30.2 Å². The minimum Gasteiger partial charge on any atom is -0.480 e. The first-order valence-electron chi connectivity index (χ1n) is 24.8. The van der Waals surface area contributed by atoms with Crippen molar-refractivity contribution in [2.75, 3.05) is 32.8 Å². The summed E-state index contributed by atoms with van der Waals surface area (Å²) in [5.41, 5.74) is 6.61. The van der Waals surface area contributed by atoms with Gasteiger partial charge in [-0.25, -0.2) is 28.8 Å². The number of aryl methyl sites for hydroxylation is 1. The van der Waals surface area contributed by atoms with Gasteiger partial charge in [0.15, 0.2) is 0 Å². The molecular weight excluding hydrogens is 1120 g/mol. The number of aliphatic carboxylic acids is 3. The number of hydrogen-bond acceptors (Lipinski definition) is 11. The second-order valence-electron chi connectivity index (χ2n) is 18.9. The van der Waals surface area contributed by atoms with Crippen LogP contribution in [0.25, 0.3) is 6.08 Å². The van der Waals surface area contributed by atoms with Crippen LogP contribution in [-0.2, 0) is 83.2 Å². The first kappa shape index (κ1) is 63.8. The predicted octanol–water partition coefficient (Wildman–Crippen LogP) is 11.3. The molecule has 6 N–H and O–H groups in total. The Morgan fingerprint density at radius 3 is 1.18 bits per heavy atom. The monoisotopic (exact) mass is 1180 g/mol. The Bertz CT molecular complexity index is 3060. The van der Waals surface area contributed by atoms with Gasteiger partial charge in [0.05, 0.1) is 7.14 Å². The molecule has 0 aliphatic heterocycles. The summed E-state index contributed by atoms with van der Waals surface area (Å²) in [4.78, 5) is 70.1. The Hall–Kier alpha value is -7.78. The van der Waals surface area contributed by atoms with Gasteiger partial charge in [-0.05, 0) is 95.5 Å². The van der Waals surface area contributed by atoms with Crippen LogP contribution in [0.1, 0.15) is 44.5 Å². The van der Waals surface area contributed by atoms with Crippen molar-refractivity contribution in [3.8, 4) is 0 Å². The first-order valence-corrected chi connectivity index (χ1v) is 31.0. The lowest BCUT2D eigenvalue weighted by Crippen LogP contribution is -2.42. The SMILES string of the molecule is CP(C)(=O)/C=C\c1cccc(CC(NC(=O)OCc2ccccc2)C(=O)O)c1.CP(C)(=O)CCc1cccc(CC(NC(=O)OCc2ccccc2)C(=O)O)c1.O=C(NC(Cc1cccc(Br)c1)C(=O)O)OCc1ccccc1. The third-order valence-electron chi connectivity index (χ3n) is 11.1. The molecule has 0 radical (unpaired) electrons. The maximum absolute atomic E-state index is 12.0. The molecule has 0 aliphatic carbocycles. The summed E-state index contributed by atoms with van der Waals surface area (Å²) in [6, 6.07) is 46.2. The van der Waals surface area contributed by atoms with Crippen molar-refractivity contribution in [2.45, 2.75) is 63.6 Å². The smallest absolute Gasteiger partial charge is 0.408 e. The van der Waals surface area contributed by atoms with Crippen LogP contribution in [0.15, 0.2) is 174 Å². The van der Waals surface area contributed by atoms with E-state index in [-0.39, 0.29) is 39.1 Å². The Morgan fingerprint density at radius 1 is 0.468 bits per heavy atom. The molecule has 0 bridgehead atoms. The number of hydrogen-bond donors (Lipinski definition) is 6. The van der Waals surface area contributed by atoms with Crippen LogP contribution in [-0.4, -0.2) is 102 Å². The number of carboxylic acid groups (broad SMARTS) is 3.